The van der Waals surface area contributed by atoms with Crippen LogP contribution in [0.15, 0.2) is 12.2 Å². The molecule has 0 fully saturated rings. The van der Waals surface area contributed by atoms with E-state index in [9.17, 15) is 14.3 Å². The van der Waals surface area contributed by atoms with Crippen molar-refractivity contribution in [2.45, 2.75) is 225 Å². The molecule has 0 aromatic carbocycles. The van der Waals surface area contributed by atoms with Crippen molar-refractivity contribution in [3.8, 4) is 0 Å². The van der Waals surface area contributed by atoms with E-state index in [0.717, 1.165) is 32.1 Å². The van der Waals surface area contributed by atoms with Gasteiger partial charge in [0.25, 0.3) is 0 Å². The van der Waals surface area contributed by atoms with Gasteiger partial charge in [0.05, 0.1) is 34.4 Å². The van der Waals surface area contributed by atoms with E-state index >= 15 is 0 Å². The Morgan fingerprint density at radius 3 is 1.38 bits per heavy atom. The molecule has 0 spiro atoms. The first kappa shape index (κ1) is 54.2. The van der Waals surface area contributed by atoms with Crippen molar-refractivity contribution in [1.82, 2.24) is 0 Å². The highest BCUT2D eigenvalue weighted by Crippen LogP contribution is 2.43. The maximum absolute atomic E-state index is 12.7. The lowest BCUT2D eigenvalue weighted by atomic mass is 10.0. The van der Waals surface area contributed by atoms with Crippen molar-refractivity contribution in [3.63, 3.8) is 0 Å². The molecule has 0 aromatic heterocycles. The number of likely N-dealkylation sites (N-methyl/N-ethyl adjacent to an activating group) is 1. The van der Waals surface area contributed by atoms with Gasteiger partial charge in [-0.15, -0.1) is 0 Å². The predicted molar refractivity (Wildman–Crippen MR) is 234 cm³/mol. The maximum atomic E-state index is 12.7. The minimum Gasteiger partial charge on any atom is -0.457 e. The molecule has 0 heterocycles. The molecule has 9 heteroatoms. The van der Waals surface area contributed by atoms with Crippen molar-refractivity contribution >= 4 is 13.8 Å². The number of esters is 1. The van der Waals surface area contributed by atoms with E-state index in [-0.39, 0.29) is 25.8 Å². The summed E-state index contributed by atoms with van der Waals surface area (Å²) in [7, 11) is 1.68. The standard InChI is InChI=1S/C46H92NO7P/c1-6-8-10-12-14-16-18-20-22-24-25-27-29-31-33-35-37-39-46(48)54-45(44-53-55(49,50)52-42-40-47(3,4)5)43-51-41-38-36-34-32-30-28-26-23-21-19-17-15-13-11-9-7-2/h20,22,45H,6-19,21,23-44H2,1-5H3/p+1/b22-20-. The van der Waals surface area contributed by atoms with Gasteiger partial charge >= 0.3 is 13.8 Å². The first-order chi connectivity index (χ1) is 26.6. The summed E-state index contributed by atoms with van der Waals surface area (Å²) >= 11 is 0. The summed E-state index contributed by atoms with van der Waals surface area (Å²) in [5.41, 5.74) is 0. The van der Waals surface area contributed by atoms with Crippen molar-refractivity contribution in [1.29, 1.82) is 0 Å². The highest BCUT2D eigenvalue weighted by Gasteiger charge is 2.26. The molecule has 8 nitrogen and oxygen atoms in total. The molecule has 0 aliphatic carbocycles. The third-order valence-electron chi connectivity index (χ3n) is 10.3. The van der Waals surface area contributed by atoms with Gasteiger partial charge in [-0.25, -0.2) is 4.57 Å². The van der Waals surface area contributed by atoms with E-state index in [2.05, 4.69) is 26.0 Å². The van der Waals surface area contributed by atoms with Gasteiger partial charge in [-0.3, -0.25) is 13.8 Å². The van der Waals surface area contributed by atoms with Crippen LogP contribution < -0.4 is 0 Å². The Hall–Kier alpha value is -0.760. The van der Waals surface area contributed by atoms with Crippen LogP contribution in [0.3, 0.4) is 0 Å². The molecule has 0 amide bonds. The monoisotopic (exact) mass is 803 g/mol. The van der Waals surface area contributed by atoms with Crippen LogP contribution in [0.2, 0.25) is 0 Å². The molecule has 0 aliphatic rings. The van der Waals surface area contributed by atoms with Crippen LogP contribution in [-0.4, -0.2) is 75.6 Å². The predicted octanol–water partition coefficient (Wildman–Crippen LogP) is 13.8. The SMILES string of the molecule is CCCCCCCC/C=C\CCCCCCCCCC(=O)OC(COCCCCCCCCCCCCCCCCCC)COP(=O)(O)OCC[N+](C)(C)C. The normalized spacial score (nSPS) is 13.8. The quantitative estimate of drug-likeness (QED) is 0.0216. The lowest BCUT2D eigenvalue weighted by molar-refractivity contribution is -0.870. The first-order valence-electron chi connectivity index (χ1n) is 23.4. The van der Waals surface area contributed by atoms with Crippen LogP contribution in [0.1, 0.15) is 219 Å². The fourth-order valence-electron chi connectivity index (χ4n) is 6.67. The number of ether oxygens (including phenoxy) is 2. The third-order valence-corrected chi connectivity index (χ3v) is 11.3. The number of carbonyl (C=O) groups excluding carboxylic acids is 1. The fraction of sp³-hybridized carbons (Fsp3) is 0.935. The number of carbonyl (C=O) groups is 1. The second-order valence-corrected chi connectivity index (χ2v) is 18.6. The number of phosphoric ester groups is 1. The van der Waals surface area contributed by atoms with Crippen molar-refractivity contribution < 1.29 is 37.3 Å². The minimum atomic E-state index is -4.27. The molecule has 0 aliphatic heterocycles. The second kappa shape index (κ2) is 40.0. The third kappa shape index (κ3) is 44.2. The van der Waals surface area contributed by atoms with Gasteiger partial charge < -0.3 is 18.9 Å². The van der Waals surface area contributed by atoms with E-state index in [1.807, 2.05) is 21.1 Å². The zero-order chi connectivity index (χ0) is 40.6. The van der Waals surface area contributed by atoms with Crippen LogP contribution >= 0.6 is 7.82 Å². The van der Waals surface area contributed by atoms with E-state index < -0.39 is 13.9 Å². The summed E-state index contributed by atoms with van der Waals surface area (Å²) in [6, 6.07) is 0. The van der Waals surface area contributed by atoms with Gasteiger partial charge in [0.15, 0.2) is 0 Å². The molecule has 2 unspecified atom stereocenters. The van der Waals surface area contributed by atoms with E-state index in [4.69, 9.17) is 18.5 Å². The Morgan fingerprint density at radius 2 is 0.945 bits per heavy atom. The average molecular weight is 803 g/mol. The van der Waals surface area contributed by atoms with Crippen molar-refractivity contribution in [2.75, 3.05) is 54.1 Å². The number of rotatable bonds is 44. The van der Waals surface area contributed by atoms with Gasteiger partial charge in [-0.1, -0.05) is 187 Å². The number of hydrogen-bond donors (Lipinski definition) is 1. The van der Waals surface area contributed by atoms with Crippen molar-refractivity contribution in [3.05, 3.63) is 12.2 Å². The van der Waals surface area contributed by atoms with Crippen LogP contribution in [0.25, 0.3) is 0 Å². The van der Waals surface area contributed by atoms with Gasteiger partial charge in [-0.05, 0) is 38.5 Å². The second-order valence-electron chi connectivity index (χ2n) is 17.1. The molecule has 0 aromatic rings. The molecule has 0 bridgehead atoms. The van der Waals surface area contributed by atoms with Crippen LogP contribution in [-0.2, 0) is 27.9 Å². The van der Waals surface area contributed by atoms with Crippen molar-refractivity contribution in [2.24, 2.45) is 0 Å². The lowest BCUT2D eigenvalue weighted by Gasteiger charge is -2.24. The summed E-state index contributed by atoms with van der Waals surface area (Å²) in [4.78, 5) is 22.9. The van der Waals surface area contributed by atoms with E-state index in [0.29, 0.717) is 24.1 Å². The van der Waals surface area contributed by atoms with Gasteiger partial charge in [0, 0.05) is 13.0 Å². The molecule has 0 rings (SSSR count). The Balaban J connectivity index is 4.18. The van der Waals surface area contributed by atoms with Crippen LogP contribution in [0, 0.1) is 0 Å². The smallest absolute Gasteiger partial charge is 0.457 e. The molecule has 328 valence electrons. The summed E-state index contributed by atoms with van der Waals surface area (Å²) in [6.45, 7) is 5.66. The molecule has 0 saturated carbocycles. The van der Waals surface area contributed by atoms with E-state index in [1.54, 1.807) is 0 Å². The molecule has 0 saturated heterocycles. The van der Waals surface area contributed by atoms with Gasteiger partial charge in [-0.2, -0.15) is 0 Å². The summed E-state index contributed by atoms with van der Waals surface area (Å²) < 4.78 is 35.1. The lowest BCUT2D eigenvalue weighted by Crippen LogP contribution is -2.37. The number of hydrogen-bond acceptors (Lipinski definition) is 6. The molecular weight excluding hydrogens is 709 g/mol. The summed E-state index contributed by atoms with van der Waals surface area (Å²) in [6.07, 6.45) is 43.8. The molecule has 2 atom stereocenters. The zero-order valence-corrected chi connectivity index (χ0v) is 38.1. The number of allylic oxidation sites excluding steroid dienone is 2. The summed E-state index contributed by atoms with van der Waals surface area (Å²) in [5.74, 6) is -0.314. The fourth-order valence-corrected chi connectivity index (χ4v) is 7.41. The number of phosphoric acid groups is 1. The first-order valence-corrected chi connectivity index (χ1v) is 24.9. The number of unbranched alkanes of at least 4 members (excludes halogenated alkanes) is 28. The Labute approximate surface area is 341 Å². The highest BCUT2D eigenvalue weighted by atomic mass is 31.2. The maximum Gasteiger partial charge on any atom is 0.472 e. The van der Waals surface area contributed by atoms with Crippen LogP contribution in [0.5, 0.6) is 0 Å². The Bertz CT molecular complexity index is 894. The van der Waals surface area contributed by atoms with Gasteiger partial charge in [0.1, 0.15) is 19.3 Å². The Kier molecular flexibility index (Phi) is 39.5. The van der Waals surface area contributed by atoms with E-state index in [1.165, 1.54) is 167 Å². The molecule has 1 N–H and O–H groups in total. The molecule has 0 radical (unpaired) electrons. The minimum absolute atomic E-state index is 0.0911. The van der Waals surface area contributed by atoms with Gasteiger partial charge in [0.2, 0.25) is 0 Å². The topological polar surface area (TPSA) is 91.3 Å². The Morgan fingerprint density at radius 1 is 0.545 bits per heavy atom. The van der Waals surface area contributed by atoms with Crippen LogP contribution in [0.4, 0.5) is 0 Å². The number of quaternary nitrogens is 1. The highest BCUT2D eigenvalue weighted by molar-refractivity contribution is 7.47. The average Bonchev–Trinajstić information content (AvgIpc) is 3.13. The molecule has 55 heavy (non-hydrogen) atoms. The molecular formula is C46H93NO7P+. The number of nitrogens with zero attached hydrogens (tertiary/aromatic N) is 1. The summed E-state index contributed by atoms with van der Waals surface area (Å²) in [5, 5.41) is 0. The largest absolute Gasteiger partial charge is 0.472 e. The zero-order valence-electron chi connectivity index (χ0n) is 37.2.